The summed E-state index contributed by atoms with van der Waals surface area (Å²) < 4.78 is 22.8. The van der Waals surface area contributed by atoms with Crippen LogP contribution in [-0.4, -0.2) is 32.0 Å². The smallest absolute Gasteiger partial charge is 0.147 e. The second kappa shape index (κ2) is 6.54. The van der Waals surface area contributed by atoms with Gasteiger partial charge in [-0.2, -0.15) is 0 Å². The Morgan fingerprint density at radius 1 is 1.29 bits per heavy atom. The van der Waals surface area contributed by atoms with Crippen LogP contribution in [0.4, 0.5) is 0 Å². The van der Waals surface area contributed by atoms with E-state index in [-0.39, 0.29) is 11.8 Å². The van der Waals surface area contributed by atoms with Gasteiger partial charge in [0.05, 0.1) is 23.0 Å². The number of benzene rings is 1. The number of hydrogen-bond acceptors (Lipinski definition) is 4. The summed E-state index contributed by atoms with van der Waals surface area (Å²) in [6, 6.07) is 10.0. The van der Waals surface area contributed by atoms with Crippen LogP contribution in [0.15, 0.2) is 30.3 Å². The number of pyridine rings is 1. The molecule has 2 aromatic rings. The summed E-state index contributed by atoms with van der Waals surface area (Å²) in [4.78, 5) is 4.70. The predicted molar refractivity (Wildman–Crippen MR) is 87.2 cm³/mol. The summed E-state index contributed by atoms with van der Waals surface area (Å²) in [7, 11) is -2.97. The van der Waals surface area contributed by atoms with Crippen molar-refractivity contribution in [2.75, 3.05) is 18.6 Å². The van der Waals surface area contributed by atoms with Crippen molar-refractivity contribution in [3.05, 3.63) is 41.6 Å². The minimum atomic E-state index is -2.97. The highest BCUT2D eigenvalue weighted by Crippen LogP contribution is 2.23. The molecule has 0 spiro atoms. The summed E-state index contributed by atoms with van der Waals surface area (Å²) in [5, 5.41) is 4.47. The Kier molecular flexibility index (Phi) is 4.96. The molecule has 1 unspecified atom stereocenters. The van der Waals surface area contributed by atoms with Crippen LogP contribution in [0.5, 0.6) is 0 Å². The fourth-order valence-electron chi connectivity index (χ4n) is 2.49. The van der Waals surface area contributed by atoms with E-state index in [4.69, 9.17) is 4.98 Å². The highest BCUT2D eigenvalue weighted by atomic mass is 32.2. The van der Waals surface area contributed by atoms with Crippen molar-refractivity contribution in [3.8, 4) is 0 Å². The van der Waals surface area contributed by atoms with Crippen molar-refractivity contribution in [3.63, 3.8) is 0 Å². The molecule has 1 heterocycles. The first-order valence-corrected chi connectivity index (χ1v) is 9.24. The molecule has 0 fully saturated rings. The van der Waals surface area contributed by atoms with Crippen LogP contribution < -0.4 is 5.32 Å². The molecule has 0 aliphatic carbocycles. The summed E-state index contributed by atoms with van der Waals surface area (Å²) in [5.41, 5.74) is 3.03. The Morgan fingerprint density at radius 3 is 2.67 bits per heavy atom. The molecule has 0 saturated heterocycles. The fourth-order valence-corrected chi connectivity index (χ4v) is 3.15. The summed E-state index contributed by atoms with van der Waals surface area (Å²) in [5.74, 6) is 0.165. The molecule has 0 saturated carbocycles. The van der Waals surface area contributed by atoms with E-state index in [1.54, 1.807) is 0 Å². The molecule has 0 bridgehead atoms. The number of nitrogens with one attached hydrogen (secondary N) is 1. The van der Waals surface area contributed by atoms with Crippen LogP contribution in [0.25, 0.3) is 10.9 Å². The van der Waals surface area contributed by atoms with E-state index >= 15 is 0 Å². The molecule has 1 aromatic carbocycles. The van der Waals surface area contributed by atoms with Gasteiger partial charge in [0.1, 0.15) is 9.84 Å². The van der Waals surface area contributed by atoms with Crippen molar-refractivity contribution in [2.45, 2.75) is 26.3 Å². The van der Waals surface area contributed by atoms with E-state index in [0.29, 0.717) is 6.42 Å². The lowest BCUT2D eigenvalue weighted by atomic mass is 10.0. The van der Waals surface area contributed by atoms with Gasteiger partial charge in [-0.25, -0.2) is 8.42 Å². The van der Waals surface area contributed by atoms with Gasteiger partial charge < -0.3 is 5.32 Å². The number of aryl methyl sites for hydroxylation is 1. The molecule has 4 nitrogen and oxygen atoms in total. The van der Waals surface area contributed by atoms with Gasteiger partial charge in [-0.1, -0.05) is 25.1 Å². The number of aromatic nitrogens is 1. The van der Waals surface area contributed by atoms with Crippen LogP contribution in [-0.2, 0) is 9.84 Å². The zero-order valence-corrected chi connectivity index (χ0v) is 13.6. The van der Waals surface area contributed by atoms with E-state index in [9.17, 15) is 8.42 Å². The molecule has 0 amide bonds. The molecule has 0 radical (unpaired) electrons. The summed E-state index contributed by atoms with van der Waals surface area (Å²) >= 11 is 0. The second-order valence-electron chi connectivity index (χ2n) is 5.41. The van der Waals surface area contributed by atoms with Crippen molar-refractivity contribution in [1.82, 2.24) is 10.3 Å². The summed E-state index contributed by atoms with van der Waals surface area (Å²) in [6.45, 7) is 4.86. The number of para-hydroxylation sites is 1. The molecular weight excluding hydrogens is 284 g/mol. The second-order valence-corrected chi connectivity index (χ2v) is 7.67. The van der Waals surface area contributed by atoms with Crippen molar-refractivity contribution in [1.29, 1.82) is 0 Å². The zero-order valence-electron chi connectivity index (χ0n) is 12.8. The van der Waals surface area contributed by atoms with Crippen LogP contribution in [0.2, 0.25) is 0 Å². The molecule has 114 valence electrons. The number of hydrogen-bond donors (Lipinski definition) is 1. The van der Waals surface area contributed by atoms with Gasteiger partial charge in [-0.15, -0.1) is 0 Å². The minimum absolute atomic E-state index is 0.0342. The van der Waals surface area contributed by atoms with Gasteiger partial charge in [-0.3, -0.25) is 4.98 Å². The van der Waals surface area contributed by atoms with Crippen LogP contribution in [0.1, 0.15) is 30.6 Å². The first-order chi connectivity index (χ1) is 9.90. The monoisotopic (exact) mass is 306 g/mol. The average Bonchev–Trinajstić information content (AvgIpc) is 2.42. The van der Waals surface area contributed by atoms with E-state index < -0.39 is 9.84 Å². The SMILES string of the molecule is CCNC(CCS(C)(=O)=O)c1cc(C)c2ccccc2n1. The topological polar surface area (TPSA) is 59.1 Å². The quantitative estimate of drug-likeness (QED) is 0.891. The molecule has 5 heteroatoms. The lowest BCUT2D eigenvalue weighted by Gasteiger charge is -2.18. The third kappa shape index (κ3) is 4.25. The van der Waals surface area contributed by atoms with Crippen LogP contribution in [0, 0.1) is 6.92 Å². The molecule has 21 heavy (non-hydrogen) atoms. The molecule has 2 rings (SSSR count). The largest absolute Gasteiger partial charge is 0.309 e. The lowest BCUT2D eigenvalue weighted by molar-refractivity contribution is 0.520. The Labute approximate surface area is 126 Å². The van der Waals surface area contributed by atoms with Gasteiger partial charge in [-0.05, 0) is 37.6 Å². The molecule has 1 atom stereocenters. The number of nitrogens with zero attached hydrogens (tertiary/aromatic N) is 1. The van der Waals surface area contributed by atoms with Crippen molar-refractivity contribution >= 4 is 20.7 Å². The number of sulfone groups is 1. The van der Waals surface area contributed by atoms with Crippen LogP contribution >= 0.6 is 0 Å². The fraction of sp³-hybridized carbons (Fsp3) is 0.438. The van der Waals surface area contributed by atoms with Crippen LogP contribution in [0.3, 0.4) is 0 Å². The molecule has 0 aliphatic rings. The Morgan fingerprint density at radius 2 is 2.00 bits per heavy atom. The van der Waals surface area contributed by atoms with E-state index in [0.717, 1.165) is 28.7 Å². The predicted octanol–water partition coefficient (Wildman–Crippen LogP) is 2.63. The Bertz CT molecular complexity index is 726. The maximum Gasteiger partial charge on any atom is 0.147 e. The zero-order chi connectivity index (χ0) is 15.5. The van der Waals surface area contributed by atoms with Crippen molar-refractivity contribution < 1.29 is 8.42 Å². The standard InChI is InChI=1S/C16H22N2O2S/c1-4-17-15(9-10-21(3,19)20)16-11-12(2)13-7-5-6-8-14(13)18-16/h5-8,11,15,17H,4,9-10H2,1-3H3. The third-order valence-electron chi connectivity index (χ3n) is 3.53. The van der Waals surface area contributed by atoms with Gasteiger partial charge in [0.15, 0.2) is 0 Å². The molecule has 0 aliphatic heterocycles. The highest BCUT2D eigenvalue weighted by Gasteiger charge is 2.16. The third-order valence-corrected chi connectivity index (χ3v) is 4.50. The Hall–Kier alpha value is -1.46. The highest BCUT2D eigenvalue weighted by molar-refractivity contribution is 7.90. The van der Waals surface area contributed by atoms with Gasteiger partial charge >= 0.3 is 0 Å². The molecular formula is C16H22N2O2S. The molecule has 1 aromatic heterocycles. The summed E-state index contributed by atoms with van der Waals surface area (Å²) in [6.07, 6.45) is 1.81. The van der Waals surface area contributed by atoms with Gasteiger partial charge in [0.2, 0.25) is 0 Å². The normalized spacial score (nSPS) is 13.5. The van der Waals surface area contributed by atoms with Crippen molar-refractivity contribution in [2.24, 2.45) is 0 Å². The Balaban J connectivity index is 2.35. The first-order valence-electron chi connectivity index (χ1n) is 7.18. The number of fused-ring (bicyclic) bond motifs is 1. The maximum absolute atomic E-state index is 11.4. The maximum atomic E-state index is 11.4. The van der Waals surface area contributed by atoms with Gasteiger partial charge in [0.25, 0.3) is 0 Å². The van der Waals surface area contributed by atoms with E-state index in [1.807, 2.05) is 25.1 Å². The van der Waals surface area contributed by atoms with Gasteiger partial charge in [0, 0.05) is 11.6 Å². The minimum Gasteiger partial charge on any atom is -0.309 e. The number of rotatable bonds is 6. The average molecular weight is 306 g/mol. The lowest BCUT2D eigenvalue weighted by Crippen LogP contribution is -2.24. The first kappa shape index (κ1) is 15.9. The molecule has 1 N–H and O–H groups in total. The van der Waals surface area contributed by atoms with E-state index in [1.165, 1.54) is 6.26 Å². The van der Waals surface area contributed by atoms with E-state index in [2.05, 4.69) is 24.4 Å².